The van der Waals surface area contributed by atoms with E-state index in [2.05, 4.69) is 48.5 Å². The van der Waals surface area contributed by atoms with Crippen LogP contribution in [0.3, 0.4) is 0 Å². The first-order valence-electron chi connectivity index (χ1n) is 12.8. The summed E-state index contributed by atoms with van der Waals surface area (Å²) in [6.07, 6.45) is 20.0. The lowest BCUT2D eigenvalue weighted by molar-refractivity contribution is 0.101. The van der Waals surface area contributed by atoms with Crippen molar-refractivity contribution < 1.29 is 0 Å². The van der Waals surface area contributed by atoms with Crippen LogP contribution in [0.1, 0.15) is 138 Å². The zero-order chi connectivity index (χ0) is 20.3. The van der Waals surface area contributed by atoms with E-state index in [1.54, 1.807) is 0 Å². The van der Waals surface area contributed by atoms with Crippen molar-refractivity contribution in [3.8, 4) is 0 Å². The van der Waals surface area contributed by atoms with E-state index < -0.39 is 0 Å². The van der Waals surface area contributed by atoms with Crippen molar-refractivity contribution in [1.29, 1.82) is 0 Å². The summed E-state index contributed by atoms with van der Waals surface area (Å²) >= 11 is 0. The van der Waals surface area contributed by atoms with Crippen LogP contribution < -0.4 is 0 Å². The van der Waals surface area contributed by atoms with E-state index in [0.717, 1.165) is 23.7 Å². The van der Waals surface area contributed by atoms with E-state index in [1.807, 2.05) is 5.92 Å². The Morgan fingerprint density at radius 2 is 1.44 bits per heavy atom. The van der Waals surface area contributed by atoms with Crippen molar-refractivity contribution in [2.75, 3.05) is 0 Å². The van der Waals surface area contributed by atoms with Crippen molar-refractivity contribution >= 4 is 0 Å². The first-order chi connectivity index (χ1) is 12.9. The fraction of sp³-hybridized carbons (Fsp3) is 0.963. The molecule has 1 saturated carbocycles. The molecule has 0 amide bonds. The Morgan fingerprint density at radius 3 is 1.96 bits per heavy atom. The maximum atomic E-state index is 2.62. The average molecular weight is 378 g/mol. The minimum absolute atomic E-state index is 0.504. The molecule has 0 N–H and O–H groups in total. The Bertz CT molecular complexity index is 351. The topological polar surface area (TPSA) is 0 Å². The minimum atomic E-state index is 0.504. The van der Waals surface area contributed by atoms with Crippen molar-refractivity contribution in [1.82, 2.24) is 0 Å². The molecule has 0 heteroatoms. The number of hydrogen-bond donors (Lipinski definition) is 0. The molecule has 3 atom stereocenters. The van der Waals surface area contributed by atoms with Gasteiger partial charge in [0.25, 0.3) is 0 Å². The standard InChI is InChI=1S/C27H53/c1-8-11-15-21-27(20-12-9-2,23(6)10-3)24(7)26(19-18-22(4)5)25-16-13-14-17-25/h22-23,25-26H,8-21H2,1-7H3. The second-order valence-electron chi connectivity index (χ2n) is 10.3. The van der Waals surface area contributed by atoms with Gasteiger partial charge in [-0.25, -0.2) is 0 Å². The van der Waals surface area contributed by atoms with Crippen LogP contribution in [0.2, 0.25) is 0 Å². The molecule has 0 spiro atoms. The van der Waals surface area contributed by atoms with Gasteiger partial charge in [-0.2, -0.15) is 0 Å². The molecule has 1 fully saturated rings. The van der Waals surface area contributed by atoms with Gasteiger partial charge < -0.3 is 0 Å². The summed E-state index contributed by atoms with van der Waals surface area (Å²) in [5.41, 5.74) is 0.504. The minimum Gasteiger partial charge on any atom is -0.0654 e. The van der Waals surface area contributed by atoms with Crippen molar-refractivity contribution in [2.45, 2.75) is 138 Å². The zero-order valence-electron chi connectivity index (χ0n) is 20.2. The molecular weight excluding hydrogens is 324 g/mol. The van der Waals surface area contributed by atoms with Gasteiger partial charge in [0.2, 0.25) is 0 Å². The Morgan fingerprint density at radius 1 is 0.852 bits per heavy atom. The Hall–Kier alpha value is 0. The first kappa shape index (κ1) is 25.0. The van der Waals surface area contributed by atoms with Crippen LogP contribution in [0.15, 0.2) is 0 Å². The molecule has 1 rings (SSSR count). The first-order valence-corrected chi connectivity index (χ1v) is 12.8. The van der Waals surface area contributed by atoms with Gasteiger partial charge in [-0.15, -0.1) is 0 Å². The Labute approximate surface area is 173 Å². The summed E-state index contributed by atoms with van der Waals surface area (Å²) in [6, 6.07) is 0. The molecule has 0 bridgehead atoms. The fourth-order valence-corrected chi connectivity index (χ4v) is 6.02. The molecule has 0 saturated heterocycles. The van der Waals surface area contributed by atoms with Crippen molar-refractivity contribution in [3.63, 3.8) is 0 Å². The Balaban J connectivity index is 3.12. The van der Waals surface area contributed by atoms with Gasteiger partial charge in [0.15, 0.2) is 0 Å². The third-order valence-electron chi connectivity index (χ3n) is 8.12. The largest absolute Gasteiger partial charge is 0.0654 e. The van der Waals surface area contributed by atoms with Crippen molar-refractivity contribution in [2.24, 2.45) is 29.1 Å². The highest BCUT2D eigenvalue weighted by molar-refractivity contribution is 5.11. The quantitative estimate of drug-likeness (QED) is 0.249. The smallest absolute Gasteiger partial charge is 0.0174 e. The maximum absolute atomic E-state index is 2.62. The zero-order valence-corrected chi connectivity index (χ0v) is 20.2. The lowest BCUT2D eigenvalue weighted by Gasteiger charge is -2.49. The third kappa shape index (κ3) is 7.40. The van der Waals surface area contributed by atoms with Crippen LogP contribution in [0, 0.1) is 35.0 Å². The van der Waals surface area contributed by atoms with E-state index in [-0.39, 0.29) is 0 Å². The summed E-state index contributed by atoms with van der Waals surface area (Å²) < 4.78 is 0. The van der Waals surface area contributed by atoms with Gasteiger partial charge in [0.05, 0.1) is 0 Å². The highest BCUT2D eigenvalue weighted by Gasteiger charge is 2.45. The number of rotatable bonds is 15. The van der Waals surface area contributed by atoms with Gasteiger partial charge in [-0.05, 0) is 54.3 Å². The number of unbranched alkanes of at least 4 members (excludes halogenated alkanes) is 3. The van der Waals surface area contributed by atoms with E-state index in [1.165, 1.54) is 89.9 Å². The van der Waals surface area contributed by atoms with Gasteiger partial charge in [0, 0.05) is 0 Å². The van der Waals surface area contributed by atoms with Crippen molar-refractivity contribution in [3.05, 3.63) is 5.92 Å². The molecular formula is C27H53. The van der Waals surface area contributed by atoms with Crippen LogP contribution in [-0.4, -0.2) is 0 Å². The molecule has 27 heavy (non-hydrogen) atoms. The van der Waals surface area contributed by atoms with Crippen LogP contribution in [-0.2, 0) is 0 Å². The predicted octanol–water partition coefficient (Wildman–Crippen LogP) is 9.63. The van der Waals surface area contributed by atoms with E-state index in [4.69, 9.17) is 0 Å². The Kier molecular flexibility index (Phi) is 12.3. The molecule has 161 valence electrons. The summed E-state index contributed by atoms with van der Waals surface area (Å²) in [5, 5.41) is 0. The summed E-state index contributed by atoms with van der Waals surface area (Å²) in [7, 11) is 0. The van der Waals surface area contributed by atoms with Crippen LogP contribution >= 0.6 is 0 Å². The molecule has 1 radical (unpaired) electrons. The lowest BCUT2D eigenvalue weighted by atomic mass is 9.56. The molecule has 3 unspecified atom stereocenters. The summed E-state index contributed by atoms with van der Waals surface area (Å²) in [5.74, 6) is 5.50. The molecule has 1 aliphatic carbocycles. The fourth-order valence-electron chi connectivity index (χ4n) is 6.02. The van der Waals surface area contributed by atoms with E-state index in [9.17, 15) is 0 Å². The van der Waals surface area contributed by atoms with E-state index >= 15 is 0 Å². The molecule has 1 aliphatic rings. The second-order valence-corrected chi connectivity index (χ2v) is 10.3. The van der Waals surface area contributed by atoms with Gasteiger partial charge in [0.1, 0.15) is 0 Å². The second kappa shape index (κ2) is 13.3. The molecule has 0 aromatic rings. The molecule has 0 heterocycles. The molecule has 0 aromatic heterocycles. The van der Waals surface area contributed by atoms with Gasteiger partial charge in [-0.1, -0.05) is 119 Å². The molecule has 0 aromatic carbocycles. The molecule has 0 aliphatic heterocycles. The highest BCUT2D eigenvalue weighted by atomic mass is 14.5. The number of hydrogen-bond acceptors (Lipinski definition) is 0. The summed E-state index contributed by atoms with van der Waals surface area (Å²) in [6.45, 7) is 17.2. The van der Waals surface area contributed by atoms with Crippen LogP contribution in [0.4, 0.5) is 0 Å². The van der Waals surface area contributed by atoms with E-state index in [0.29, 0.717) is 5.41 Å². The van der Waals surface area contributed by atoms with Gasteiger partial charge >= 0.3 is 0 Å². The van der Waals surface area contributed by atoms with Gasteiger partial charge in [-0.3, -0.25) is 0 Å². The monoisotopic (exact) mass is 377 g/mol. The maximum Gasteiger partial charge on any atom is -0.0174 e. The van der Waals surface area contributed by atoms with Crippen LogP contribution in [0.5, 0.6) is 0 Å². The predicted molar refractivity (Wildman–Crippen MR) is 124 cm³/mol. The molecule has 0 nitrogen and oxygen atoms in total. The van der Waals surface area contributed by atoms with Crippen LogP contribution in [0.25, 0.3) is 0 Å². The lowest BCUT2D eigenvalue weighted by Crippen LogP contribution is -2.40. The normalized spacial score (nSPS) is 20.3. The summed E-state index contributed by atoms with van der Waals surface area (Å²) in [4.78, 5) is 0. The SMILES string of the molecule is CCCCCC(CCCC)([C](C)C(CCC(C)C)C1CCCC1)C(C)CC. The average Bonchev–Trinajstić information content (AvgIpc) is 3.18. The highest BCUT2D eigenvalue weighted by Crippen LogP contribution is 2.54. The third-order valence-corrected chi connectivity index (χ3v) is 8.12.